The molecule has 1 aromatic carbocycles. The second-order valence-corrected chi connectivity index (χ2v) is 5.23. The Morgan fingerprint density at radius 2 is 2.05 bits per heavy atom. The van der Waals surface area contributed by atoms with E-state index >= 15 is 0 Å². The highest BCUT2D eigenvalue weighted by atomic mass is 35.5. The molecule has 2 aliphatic heterocycles. The van der Waals surface area contributed by atoms with Crippen LogP contribution < -0.4 is 0 Å². The number of benzene rings is 1. The monoisotopic (exact) mass is 288 g/mol. The second kappa shape index (κ2) is 5.00. The van der Waals surface area contributed by atoms with Crippen LogP contribution in [0.2, 0.25) is 5.02 Å². The molecule has 0 saturated carbocycles. The first-order valence-electron chi connectivity index (χ1n) is 6.15. The molecular formula is C13H14ClFO4. The maximum absolute atomic E-state index is 14.0. The Bertz CT molecular complexity index is 496. The van der Waals surface area contributed by atoms with Crippen molar-refractivity contribution in [2.45, 2.75) is 30.8 Å². The average Bonchev–Trinajstić information content (AvgIpc) is 2.74. The summed E-state index contributed by atoms with van der Waals surface area (Å²) >= 11 is 5.77. The molecule has 2 heterocycles. The minimum Gasteiger partial charge on any atom is -0.388 e. The Morgan fingerprint density at radius 1 is 1.26 bits per heavy atom. The van der Waals surface area contributed by atoms with E-state index in [-0.39, 0.29) is 11.6 Å². The lowest BCUT2D eigenvalue weighted by Crippen LogP contribution is -2.37. The van der Waals surface area contributed by atoms with Crippen LogP contribution in [0.3, 0.4) is 0 Å². The Labute approximate surface area is 114 Å². The van der Waals surface area contributed by atoms with Crippen molar-refractivity contribution >= 4 is 11.6 Å². The van der Waals surface area contributed by atoms with Gasteiger partial charge in [0.2, 0.25) is 0 Å². The van der Waals surface area contributed by atoms with E-state index in [0.717, 1.165) is 0 Å². The summed E-state index contributed by atoms with van der Waals surface area (Å²) in [6, 6.07) is 3.15. The van der Waals surface area contributed by atoms with Crippen LogP contribution in [0.1, 0.15) is 17.2 Å². The maximum atomic E-state index is 14.0. The van der Waals surface area contributed by atoms with Gasteiger partial charge in [-0.3, -0.25) is 0 Å². The molecule has 0 aliphatic carbocycles. The van der Waals surface area contributed by atoms with E-state index in [1.807, 2.05) is 0 Å². The van der Waals surface area contributed by atoms with E-state index in [1.54, 1.807) is 6.07 Å². The third-order valence-electron chi connectivity index (χ3n) is 3.68. The third-order valence-corrected chi connectivity index (χ3v) is 3.97. The average molecular weight is 289 g/mol. The fourth-order valence-corrected chi connectivity index (χ4v) is 2.85. The first-order valence-corrected chi connectivity index (χ1v) is 6.53. The number of halogens is 2. The van der Waals surface area contributed by atoms with Crippen LogP contribution in [-0.2, 0) is 15.9 Å². The molecule has 4 nitrogen and oxygen atoms in total. The molecule has 0 aromatic heterocycles. The van der Waals surface area contributed by atoms with Gasteiger partial charge >= 0.3 is 0 Å². The standard InChI is InChI=1S/C13H14ClFO4/c14-8-2-1-7-6(10(8)15)3-4-18-12(7)13-11(17)9(16)5-19-13/h1-2,9,11-13,16-17H,3-5H2/t9?,11?,12-,13?/m1/s1. The molecule has 19 heavy (non-hydrogen) atoms. The summed E-state index contributed by atoms with van der Waals surface area (Å²) in [6.07, 6.45) is -2.80. The second-order valence-electron chi connectivity index (χ2n) is 4.83. The number of hydrogen-bond donors (Lipinski definition) is 2. The van der Waals surface area contributed by atoms with Crippen molar-refractivity contribution in [3.8, 4) is 0 Å². The van der Waals surface area contributed by atoms with E-state index in [2.05, 4.69) is 0 Å². The molecule has 0 radical (unpaired) electrons. The first-order chi connectivity index (χ1) is 9.09. The van der Waals surface area contributed by atoms with Gasteiger partial charge in [-0.1, -0.05) is 17.7 Å². The first kappa shape index (κ1) is 13.3. The molecule has 1 aromatic rings. The zero-order chi connectivity index (χ0) is 13.6. The van der Waals surface area contributed by atoms with Crippen LogP contribution in [0.25, 0.3) is 0 Å². The number of rotatable bonds is 1. The van der Waals surface area contributed by atoms with Crippen LogP contribution in [0.5, 0.6) is 0 Å². The van der Waals surface area contributed by atoms with E-state index < -0.39 is 30.2 Å². The van der Waals surface area contributed by atoms with E-state index in [1.165, 1.54) is 6.07 Å². The quantitative estimate of drug-likeness (QED) is 0.816. The molecule has 0 spiro atoms. The molecule has 4 atom stereocenters. The number of aliphatic hydroxyl groups is 2. The fraction of sp³-hybridized carbons (Fsp3) is 0.538. The SMILES string of the molecule is OC1COC([C@@H]2OCCc3c2ccc(Cl)c3F)C1O. The Kier molecular flexibility index (Phi) is 3.49. The smallest absolute Gasteiger partial charge is 0.145 e. The van der Waals surface area contributed by atoms with E-state index in [9.17, 15) is 14.6 Å². The zero-order valence-corrected chi connectivity index (χ0v) is 10.8. The van der Waals surface area contributed by atoms with Gasteiger partial charge in [-0.05, 0) is 23.6 Å². The van der Waals surface area contributed by atoms with Crippen molar-refractivity contribution in [1.29, 1.82) is 0 Å². The molecule has 3 unspecified atom stereocenters. The summed E-state index contributed by atoms with van der Waals surface area (Å²) in [5.41, 5.74) is 1.13. The highest BCUT2D eigenvalue weighted by Crippen LogP contribution is 2.37. The van der Waals surface area contributed by atoms with Crippen LogP contribution in [0.15, 0.2) is 12.1 Å². The summed E-state index contributed by atoms with van der Waals surface area (Å²) in [6.45, 7) is 0.384. The number of ether oxygens (including phenoxy) is 2. The number of hydrogen-bond acceptors (Lipinski definition) is 4. The van der Waals surface area contributed by atoms with Crippen LogP contribution in [0.4, 0.5) is 4.39 Å². The van der Waals surface area contributed by atoms with Crippen molar-refractivity contribution < 1.29 is 24.1 Å². The van der Waals surface area contributed by atoms with Crippen molar-refractivity contribution in [2.24, 2.45) is 0 Å². The van der Waals surface area contributed by atoms with Crippen LogP contribution >= 0.6 is 11.6 Å². The third kappa shape index (κ3) is 2.15. The summed E-state index contributed by atoms with van der Waals surface area (Å²) in [5.74, 6) is -0.444. The molecule has 2 aliphatic rings. The van der Waals surface area contributed by atoms with Gasteiger partial charge in [-0.25, -0.2) is 4.39 Å². The number of fused-ring (bicyclic) bond motifs is 1. The van der Waals surface area contributed by atoms with Crippen molar-refractivity contribution in [3.05, 3.63) is 34.1 Å². The van der Waals surface area contributed by atoms with Gasteiger partial charge in [-0.15, -0.1) is 0 Å². The summed E-state index contributed by atoms with van der Waals surface area (Å²) in [4.78, 5) is 0. The lowest BCUT2D eigenvalue weighted by atomic mass is 9.91. The van der Waals surface area contributed by atoms with Gasteiger partial charge < -0.3 is 19.7 Å². The molecule has 0 amide bonds. The van der Waals surface area contributed by atoms with Gasteiger partial charge in [0.05, 0.1) is 18.2 Å². The zero-order valence-electron chi connectivity index (χ0n) is 10.1. The van der Waals surface area contributed by atoms with E-state index in [4.69, 9.17) is 21.1 Å². The van der Waals surface area contributed by atoms with E-state index in [0.29, 0.717) is 24.2 Å². The molecule has 2 N–H and O–H groups in total. The minimum atomic E-state index is -1.03. The molecule has 1 fully saturated rings. The van der Waals surface area contributed by atoms with Crippen molar-refractivity contribution in [2.75, 3.05) is 13.2 Å². The molecule has 1 saturated heterocycles. The lowest BCUT2D eigenvalue weighted by molar-refractivity contribution is -0.0905. The van der Waals surface area contributed by atoms with Gasteiger partial charge in [0.15, 0.2) is 0 Å². The van der Waals surface area contributed by atoms with Crippen molar-refractivity contribution in [1.82, 2.24) is 0 Å². The fourth-order valence-electron chi connectivity index (χ4n) is 2.67. The molecule has 104 valence electrons. The molecule has 0 bridgehead atoms. The van der Waals surface area contributed by atoms with Gasteiger partial charge in [-0.2, -0.15) is 0 Å². The Morgan fingerprint density at radius 3 is 2.74 bits per heavy atom. The Balaban J connectivity index is 1.97. The predicted molar refractivity (Wildman–Crippen MR) is 65.6 cm³/mol. The van der Waals surface area contributed by atoms with Crippen molar-refractivity contribution in [3.63, 3.8) is 0 Å². The number of aliphatic hydroxyl groups excluding tert-OH is 2. The summed E-state index contributed by atoms with van der Waals surface area (Å²) in [5, 5.41) is 19.5. The lowest BCUT2D eigenvalue weighted by Gasteiger charge is -2.31. The Hall–Kier alpha value is -0.720. The normalized spacial score (nSPS) is 34.3. The molecule has 3 rings (SSSR count). The van der Waals surface area contributed by atoms with Gasteiger partial charge in [0.25, 0.3) is 0 Å². The van der Waals surface area contributed by atoms with Crippen LogP contribution in [-0.4, -0.2) is 41.7 Å². The molecular weight excluding hydrogens is 275 g/mol. The summed E-state index contributed by atoms with van der Waals surface area (Å²) < 4.78 is 24.9. The predicted octanol–water partition coefficient (Wildman–Crippen LogP) is 1.21. The van der Waals surface area contributed by atoms with Gasteiger partial charge in [0, 0.05) is 0 Å². The molecule has 6 heteroatoms. The summed E-state index contributed by atoms with van der Waals surface area (Å²) in [7, 11) is 0. The largest absolute Gasteiger partial charge is 0.388 e. The minimum absolute atomic E-state index is 0.0527. The highest BCUT2D eigenvalue weighted by Gasteiger charge is 2.43. The highest BCUT2D eigenvalue weighted by molar-refractivity contribution is 6.30. The topological polar surface area (TPSA) is 58.9 Å². The maximum Gasteiger partial charge on any atom is 0.145 e. The van der Waals surface area contributed by atoms with Crippen LogP contribution in [0, 0.1) is 5.82 Å². The van der Waals surface area contributed by atoms with Gasteiger partial charge in [0.1, 0.15) is 30.2 Å².